The van der Waals surface area contributed by atoms with Gasteiger partial charge in [-0.1, -0.05) is 49.3 Å². The predicted molar refractivity (Wildman–Crippen MR) is 107 cm³/mol. The zero-order valence-electron chi connectivity index (χ0n) is 14.6. The fourth-order valence-corrected chi connectivity index (χ4v) is 3.59. The Balaban J connectivity index is 2.19. The van der Waals surface area contributed by atoms with E-state index in [4.69, 9.17) is 16.9 Å². The van der Waals surface area contributed by atoms with E-state index in [9.17, 15) is 4.79 Å². The van der Waals surface area contributed by atoms with Gasteiger partial charge in [0.25, 0.3) is 5.56 Å². The summed E-state index contributed by atoms with van der Waals surface area (Å²) in [5.41, 5.74) is 2.35. The van der Waals surface area contributed by atoms with Crippen LogP contribution < -0.4 is 5.56 Å². The highest BCUT2D eigenvalue weighted by atomic mass is 35.5. The van der Waals surface area contributed by atoms with E-state index < -0.39 is 0 Å². The number of halogens is 1. The van der Waals surface area contributed by atoms with Crippen LogP contribution in [0.3, 0.4) is 0 Å². The van der Waals surface area contributed by atoms with Gasteiger partial charge in [-0.25, -0.2) is 4.98 Å². The Kier molecular flexibility index (Phi) is 5.65. The Morgan fingerprint density at radius 1 is 1.27 bits per heavy atom. The molecule has 4 nitrogen and oxygen atoms in total. The van der Waals surface area contributed by atoms with Crippen LogP contribution in [-0.4, -0.2) is 15.3 Å². The van der Waals surface area contributed by atoms with Gasteiger partial charge in [-0.2, -0.15) is 5.26 Å². The van der Waals surface area contributed by atoms with Crippen molar-refractivity contribution in [3.63, 3.8) is 0 Å². The molecule has 0 saturated carbocycles. The molecule has 1 atom stereocenters. The third kappa shape index (κ3) is 3.62. The van der Waals surface area contributed by atoms with E-state index in [1.807, 2.05) is 24.3 Å². The molecule has 0 aliphatic rings. The lowest BCUT2D eigenvalue weighted by atomic mass is 9.98. The van der Waals surface area contributed by atoms with E-state index in [0.29, 0.717) is 27.0 Å². The van der Waals surface area contributed by atoms with Gasteiger partial charge in [0.15, 0.2) is 5.16 Å². The number of thioether (sulfide) groups is 1. The van der Waals surface area contributed by atoms with Gasteiger partial charge in [-0.15, -0.1) is 0 Å². The van der Waals surface area contributed by atoms with Crippen LogP contribution in [0.25, 0.3) is 16.6 Å². The van der Waals surface area contributed by atoms with Crippen LogP contribution in [0, 0.1) is 11.3 Å². The van der Waals surface area contributed by atoms with Gasteiger partial charge < -0.3 is 0 Å². The van der Waals surface area contributed by atoms with E-state index in [-0.39, 0.29) is 11.3 Å². The molecule has 1 aromatic heterocycles. The fourth-order valence-electron chi connectivity index (χ4n) is 2.75. The van der Waals surface area contributed by atoms with Crippen LogP contribution >= 0.6 is 23.4 Å². The first-order valence-electron chi connectivity index (χ1n) is 8.37. The smallest absolute Gasteiger partial charge is 0.266 e. The molecule has 3 rings (SSSR count). The molecule has 3 aromatic rings. The number of nitrogens with zero attached hydrogens (tertiary/aromatic N) is 3. The summed E-state index contributed by atoms with van der Waals surface area (Å²) in [4.78, 5) is 17.7. The minimum Gasteiger partial charge on any atom is -0.268 e. The molecule has 1 heterocycles. The molecule has 0 fully saturated rings. The first-order chi connectivity index (χ1) is 12.5. The van der Waals surface area contributed by atoms with E-state index in [2.05, 4.69) is 24.9 Å². The van der Waals surface area contributed by atoms with Gasteiger partial charge in [0.1, 0.15) is 0 Å². The lowest BCUT2D eigenvalue weighted by Gasteiger charge is -2.14. The number of fused-ring (bicyclic) bond motifs is 1. The summed E-state index contributed by atoms with van der Waals surface area (Å²) >= 11 is 7.28. The summed E-state index contributed by atoms with van der Waals surface area (Å²) in [6.07, 6.45) is 1.06. The van der Waals surface area contributed by atoms with E-state index >= 15 is 0 Å². The minimum atomic E-state index is -0.164. The Morgan fingerprint density at radius 3 is 2.65 bits per heavy atom. The van der Waals surface area contributed by atoms with Crippen molar-refractivity contribution < 1.29 is 0 Å². The zero-order valence-corrected chi connectivity index (χ0v) is 16.1. The SMILES string of the molecule is CC[C@H](C)c1ccc(-n2c(SCC#N)nc3cc(Cl)ccc3c2=O)cc1. The number of hydrogen-bond acceptors (Lipinski definition) is 4. The predicted octanol–water partition coefficient (Wildman–Crippen LogP) is 5.17. The van der Waals surface area contributed by atoms with E-state index in [1.54, 1.807) is 22.8 Å². The van der Waals surface area contributed by atoms with Gasteiger partial charge in [-0.05, 0) is 48.2 Å². The molecular weight excluding hydrogens is 366 g/mol. The van der Waals surface area contributed by atoms with Crippen molar-refractivity contribution in [2.75, 3.05) is 5.75 Å². The number of hydrogen-bond donors (Lipinski definition) is 0. The van der Waals surface area contributed by atoms with Crippen LogP contribution in [0.1, 0.15) is 31.7 Å². The van der Waals surface area contributed by atoms with Crippen LogP contribution in [0.15, 0.2) is 52.4 Å². The molecule has 2 aromatic carbocycles. The quantitative estimate of drug-likeness (QED) is 0.450. The van der Waals surface area contributed by atoms with Gasteiger partial charge >= 0.3 is 0 Å². The molecule has 132 valence electrons. The van der Waals surface area contributed by atoms with Crippen molar-refractivity contribution in [1.82, 2.24) is 9.55 Å². The van der Waals surface area contributed by atoms with Crippen LogP contribution in [0.2, 0.25) is 5.02 Å². The van der Waals surface area contributed by atoms with Gasteiger partial charge in [0, 0.05) is 5.02 Å². The second kappa shape index (κ2) is 7.94. The Bertz CT molecular complexity index is 1040. The first-order valence-corrected chi connectivity index (χ1v) is 9.74. The van der Waals surface area contributed by atoms with Crippen LogP contribution in [0.5, 0.6) is 0 Å². The van der Waals surface area contributed by atoms with Crippen molar-refractivity contribution in [3.05, 3.63) is 63.4 Å². The van der Waals surface area contributed by atoms with Gasteiger partial charge in [0.05, 0.1) is 28.4 Å². The lowest BCUT2D eigenvalue weighted by molar-refractivity contribution is 0.732. The monoisotopic (exact) mass is 383 g/mol. The van der Waals surface area contributed by atoms with Crippen molar-refractivity contribution in [2.24, 2.45) is 0 Å². The Labute approximate surface area is 161 Å². The van der Waals surface area contributed by atoms with Crippen molar-refractivity contribution >= 4 is 34.3 Å². The highest BCUT2D eigenvalue weighted by Crippen LogP contribution is 2.24. The first kappa shape index (κ1) is 18.5. The second-order valence-corrected chi connectivity index (χ2v) is 7.42. The minimum absolute atomic E-state index is 0.164. The molecule has 26 heavy (non-hydrogen) atoms. The molecule has 0 aliphatic carbocycles. The maximum Gasteiger partial charge on any atom is 0.266 e. The van der Waals surface area contributed by atoms with Gasteiger partial charge in [-0.3, -0.25) is 9.36 Å². The summed E-state index contributed by atoms with van der Waals surface area (Å²) in [5.74, 6) is 0.675. The highest BCUT2D eigenvalue weighted by Gasteiger charge is 2.14. The largest absolute Gasteiger partial charge is 0.268 e. The van der Waals surface area contributed by atoms with Crippen molar-refractivity contribution in [2.45, 2.75) is 31.3 Å². The average Bonchev–Trinajstić information content (AvgIpc) is 2.65. The Hall–Kier alpha value is -2.29. The highest BCUT2D eigenvalue weighted by molar-refractivity contribution is 7.99. The number of benzene rings is 2. The molecule has 0 spiro atoms. The zero-order chi connectivity index (χ0) is 18.7. The molecule has 0 saturated heterocycles. The summed E-state index contributed by atoms with van der Waals surface area (Å²) < 4.78 is 1.57. The normalized spacial score (nSPS) is 12.1. The van der Waals surface area contributed by atoms with E-state index in [0.717, 1.165) is 12.1 Å². The maximum absolute atomic E-state index is 13.1. The van der Waals surface area contributed by atoms with E-state index in [1.165, 1.54) is 17.3 Å². The standard InChI is InChI=1S/C20H18ClN3OS/c1-3-13(2)14-4-7-16(8-5-14)24-19(25)17-9-6-15(21)12-18(17)23-20(24)26-11-10-22/h4-9,12-13H,3,11H2,1-2H3/t13-/m0/s1. The van der Waals surface area contributed by atoms with Gasteiger partial charge in [0.2, 0.25) is 0 Å². The molecular formula is C20H18ClN3OS. The van der Waals surface area contributed by atoms with Crippen LogP contribution in [0.4, 0.5) is 0 Å². The molecule has 0 aliphatic heterocycles. The summed E-state index contributed by atoms with van der Waals surface area (Å²) in [7, 11) is 0. The summed E-state index contributed by atoms with van der Waals surface area (Å²) in [6.45, 7) is 4.33. The topological polar surface area (TPSA) is 58.7 Å². The number of rotatable bonds is 5. The third-order valence-electron chi connectivity index (χ3n) is 4.40. The number of nitriles is 1. The van der Waals surface area contributed by atoms with Crippen LogP contribution in [-0.2, 0) is 0 Å². The molecule has 0 N–H and O–H groups in total. The molecule has 6 heteroatoms. The Morgan fingerprint density at radius 2 is 2.00 bits per heavy atom. The number of aromatic nitrogens is 2. The lowest BCUT2D eigenvalue weighted by Crippen LogP contribution is -2.21. The molecule has 0 bridgehead atoms. The maximum atomic E-state index is 13.1. The van der Waals surface area contributed by atoms with Crippen molar-refractivity contribution in [1.29, 1.82) is 5.26 Å². The van der Waals surface area contributed by atoms with Crippen molar-refractivity contribution in [3.8, 4) is 11.8 Å². The summed E-state index contributed by atoms with van der Waals surface area (Å²) in [6, 6.07) is 15.1. The molecule has 0 amide bonds. The summed E-state index contributed by atoms with van der Waals surface area (Å²) in [5, 5.41) is 10.4. The third-order valence-corrected chi connectivity index (χ3v) is 5.44. The fraction of sp³-hybridized carbons (Fsp3) is 0.250. The average molecular weight is 384 g/mol. The second-order valence-electron chi connectivity index (χ2n) is 6.04. The molecule has 0 unspecified atom stereocenters. The molecule has 0 radical (unpaired) electrons.